The molecule has 3 aromatic heterocycles. The average molecular weight is 481 g/mol. The van der Waals surface area contributed by atoms with Crippen molar-refractivity contribution in [2.24, 2.45) is 0 Å². The van der Waals surface area contributed by atoms with E-state index >= 15 is 0 Å². The van der Waals surface area contributed by atoms with E-state index in [1.54, 1.807) is 24.7 Å². The van der Waals surface area contributed by atoms with Gasteiger partial charge < -0.3 is 4.74 Å². The highest BCUT2D eigenvalue weighted by molar-refractivity contribution is 5.67. The summed E-state index contributed by atoms with van der Waals surface area (Å²) in [6.07, 6.45) is 5.87. The Morgan fingerprint density at radius 1 is 1.03 bits per heavy atom. The molecular formula is C28H28N6O2. The number of nitriles is 1. The third-order valence-corrected chi connectivity index (χ3v) is 5.79. The quantitative estimate of drug-likeness (QED) is 0.362. The van der Waals surface area contributed by atoms with E-state index in [1.807, 2.05) is 58.0 Å². The molecule has 0 saturated heterocycles. The molecule has 0 unspecified atom stereocenters. The predicted octanol–water partition coefficient (Wildman–Crippen LogP) is 4.63. The van der Waals surface area contributed by atoms with Crippen LogP contribution in [0.15, 0.2) is 59.8 Å². The van der Waals surface area contributed by atoms with Crippen molar-refractivity contribution in [3.8, 4) is 29.0 Å². The second-order valence-corrected chi connectivity index (χ2v) is 8.58. The fourth-order valence-corrected chi connectivity index (χ4v) is 4.03. The molecule has 0 radical (unpaired) electrons. The molecular weight excluding hydrogens is 452 g/mol. The van der Waals surface area contributed by atoms with Crippen molar-refractivity contribution >= 4 is 0 Å². The van der Waals surface area contributed by atoms with Crippen LogP contribution in [0.1, 0.15) is 61.8 Å². The monoisotopic (exact) mass is 480 g/mol. The highest BCUT2D eigenvalue weighted by atomic mass is 16.5. The number of rotatable bonds is 8. The van der Waals surface area contributed by atoms with Crippen molar-refractivity contribution in [3.63, 3.8) is 0 Å². The van der Waals surface area contributed by atoms with Crippen LogP contribution in [0.2, 0.25) is 0 Å². The summed E-state index contributed by atoms with van der Waals surface area (Å²) in [6, 6.07) is 13.4. The van der Waals surface area contributed by atoms with E-state index in [1.165, 1.54) is 4.57 Å². The number of ether oxygens (including phenoxy) is 1. The first kappa shape index (κ1) is 24.7. The lowest BCUT2D eigenvalue weighted by molar-refractivity contribution is 0.337. The Balaban J connectivity index is 1.75. The van der Waals surface area contributed by atoms with Crippen LogP contribution in [0, 0.1) is 11.3 Å². The molecule has 0 saturated carbocycles. The van der Waals surface area contributed by atoms with Gasteiger partial charge in [0.25, 0.3) is 5.56 Å². The highest BCUT2D eigenvalue weighted by Crippen LogP contribution is 2.23. The Morgan fingerprint density at radius 3 is 2.39 bits per heavy atom. The largest absolute Gasteiger partial charge is 0.491 e. The van der Waals surface area contributed by atoms with Crippen LogP contribution in [0.25, 0.3) is 17.2 Å². The maximum absolute atomic E-state index is 13.8. The van der Waals surface area contributed by atoms with Crippen LogP contribution in [0.3, 0.4) is 0 Å². The van der Waals surface area contributed by atoms with Gasteiger partial charge >= 0.3 is 0 Å². The Bertz CT molecular complexity index is 1450. The minimum absolute atomic E-state index is 0.00614. The summed E-state index contributed by atoms with van der Waals surface area (Å²) >= 11 is 0. The lowest BCUT2D eigenvalue weighted by Crippen LogP contribution is -2.31. The molecule has 0 aliphatic carbocycles. The van der Waals surface area contributed by atoms with Crippen molar-refractivity contribution in [1.29, 1.82) is 5.26 Å². The van der Waals surface area contributed by atoms with Crippen LogP contribution < -0.4 is 10.3 Å². The lowest BCUT2D eigenvalue weighted by atomic mass is 10.0. The van der Waals surface area contributed by atoms with E-state index in [4.69, 9.17) is 9.72 Å². The number of hydrogen-bond donors (Lipinski definition) is 0. The molecule has 0 amide bonds. The van der Waals surface area contributed by atoms with E-state index in [9.17, 15) is 10.1 Å². The fraction of sp³-hybridized carbons (Fsp3) is 0.286. The molecule has 4 rings (SSSR count). The second kappa shape index (κ2) is 10.9. The molecule has 0 N–H and O–H groups in total. The molecule has 1 aromatic carbocycles. The van der Waals surface area contributed by atoms with Crippen LogP contribution in [0.5, 0.6) is 5.75 Å². The average Bonchev–Trinajstić information content (AvgIpc) is 2.90. The number of aromatic nitrogens is 5. The van der Waals surface area contributed by atoms with Crippen LogP contribution in [-0.2, 0) is 12.8 Å². The molecule has 0 aliphatic rings. The van der Waals surface area contributed by atoms with Crippen molar-refractivity contribution in [3.05, 3.63) is 93.6 Å². The van der Waals surface area contributed by atoms with Gasteiger partial charge in [-0.25, -0.2) is 19.5 Å². The van der Waals surface area contributed by atoms with Crippen LogP contribution >= 0.6 is 0 Å². The predicted molar refractivity (Wildman–Crippen MR) is 137 cm³/mol. The molecule has 0 spiro atoms. The zero-order valence-corrected chi connectivity index (χ0v) is 20.9. The summed E-state index contributed by atoms with van der Waals surface area (Å²) in [5.41, 5.74) is 4.08. The zero-order chi connectivity index (χ0) is 25.7. The van der Waals surface area contributed by atoms with Crippen molar-refractivity contribution < 1.29 is 4.74 Å². The molecule has 0 fully saturated rings. The molecule has 0 bridgehead atoms. The fourth-order valence-electron chi connectivity index (χ4n) is 4.03. The van der Waals surface area contributed by atoms with Gasteiger partial charge in [-0.2, -0.15) is 5.26 Å². The lowest BCUT2D eigenvalue weighted by Gasteiger charge is -2.18. The number of benzene rings is 1. The first-order valence-corrected chi connectivity index (χ1v) is 12.0. The smallest absolute Gasteiger partial charge is 0.264 e. The minimum atomic E-state index is -0.186. The number of pyridine rings is 1. The van der Waals surface area contributed by atoms with Gasteiger partial charge in [0.2, 0.25) is 5.95 Å². The maximum atomic E-state index is 13.8. The minimum Gasteiger partial charge on any atom is -0.491 e. The van der Waals surface area contributed by atoms with Crippen molar-refractivity contribution in [2.75, 3.05) is 6.61 Å². The first-order valence-electron chi connectivity index (χ1n) is 12.0. The van der Waals surface area contributed by atoms with Gasteiger partial charge in [-0.1, -0.05) is 45.0 Å². The Morgan fingerprint density at radius 2 is 1.78 bits per heavy atom. The van der Waals surface area contributed by atoms with Gasteiger partial charge in [0.1, 0.15) is 5.82 Å². The van der Waals surface area contributed by atoms with Crippen molar-refractivity contribution in [2.45, 2.75) is 46.5 Å². The van der Waals surface area contributed by atoms with E-state index in [-0.39, 0.29) is 17.4 Å². The third-order valence-electron chi connectivity index (χ3n) is 5.79. The molecule has 0 aliphatic heterocycles. The maximum Gasteiger partial charge on any atom is 0.264 e. The van der Waals surface area contributed by atoms with Crippen molar-refractivity contribution in [1.82, 2.24) is 24.5 Å². The van der Waals surface area contributed by atoms with Crippen LogP contribution in [0.4, 0.5) is 0 Å². The number of aryl methyl sites for hydroxylation is 1. The molecule has 3 heterocycles. The van der Waals surface area contributed by atoms with Gasteiger partial charge in [-0.05, 0) is 31.0 Å². The summed E-state index contributed by atoms with van der Waals surface area (Å²) < 4.78 is 6.95. The number of nitrogens with zero attached hydrogens (tertiary/aromatic N) is 6. The SMILES string of the molecule is CCOc1cnc(-n2c(C(C)C)nc(CC)c(Cc3ccc(-c4ccccc4C#N)nc3)c2=O)nc1. The van der Waals surface area contributed by atoms with Gasteiger partial charge in [0.05, 0.1) is 42.0 Å². The third kappa shape index (κ3) is 5.01. The van der Waals surface area contributed by atoms with Gasteiger partial charge in [0.15, 0.2) is 5.75 Å². The summed E-state index contributed by atoms with van der Waals surface area (Å²) in [6.45, 7) is 8.37. The zero-order valence-electron chi connectivity index (χ0n) is 20.9. The standard InChI is InChI=1S/C28H28N6O2/c1-5-24-23(13-19-11-12-25(30-15-19)22-10-8-7-9-20(22)14-29)27(35)34(26(33-24)18(3)4)28-31-16-21(17-32-28)36-6-2/h7-12,15-18H,5-6,13H2,1-4H3. The van der Waals surface area contributed by atoms with Crippen LogP contribution in [-0.4, -0.2) is 31.1 Å². The Kier molecular flexibility index (Phi) is 7.50. The molecule has 182 valence electrons. The summed E-state index contributed by atoms with van der Waals surface area (Å²) in [7, 11) is 0. The number of hydrogen-bond acceptors (Lipinski definition) is 7. The van der Waals surface area contributed by atoms with Gasteiger partial charge in [-0.15, -0.1) is 0 Å². The Labute approximate surface area is 210 Å². The van der Waals surface area contributed by atoms with E-state index < -0.39 is 0 Å². The molecule has 36 heavy (non-hydrogen) atoms. The van der Waals surface area contributed by atoms with Gasteiger partial charge in [0, 0.05) is 29.7 Å². The molecule has 8 heteroatoms. The molecule has 8 nitrogen and oxygen atoms in total. The van der Waals surface area contributed by atoms with E-state index in [0.29, 0.717) is 47.8 Å². The van der Waals surface area contributed by atoms with E-state index in [0.717, 1.165) is 16.8 Å². The molecule has 4 aromatic rings. The first-order chi connectivity index (χ1) is 17.5. The summed E-state index contributed by atoms with van der Waals surface area (Å²) in [5, 5.41) is 9.40. The summed E-state index contributed by atoms with van der Waals surface area (Å²) in [4.78, 5) is 32.0. The topological polar surface area (TPSA) is 107 Å². The highest BCUT2D eigenvalue weighted by Gasteiger charge is 2.21. The summed E-state index contributed by atoms with van der Waals surface area (Å²) in [5.74, 6) is 1.42. The normalized spacial score (nSPS) is 10.9. The molecule has 0 atom stereocenters. The van der Waals surface area contributed by atoms with E-state index in [2.05, 4.69) is 21.0 Å². The van der Waals surface area contributed by atoms with Gasteiger partial charge in [-0.3, -0.25) is 9.78 Å². The Hall–Kier alpha value is -4.38. The second-order valence-electron chi connectivity index (χ2n) is 8.58.